The van der Waals surface area contributed by atoms with Gasteiger partial charge in [0.1, 0.15) is 5.82 Å². The Morgan fingerprint density at radius 2 is 2.00 bits per heavy atom. The molecule has 1 aromatic heterocycles. The van der Waals surface area contributed by atoms with Gasteiger partial charge in [0.2, 0.25) is 10.0 Å². The fraction of sp³-hybridized carbons (Fsp3) is 0.308. The quantitative estimate of drug-likeness (QED) is 0.783. The third kappa shape index (κ3) is 3.94. The van der Waals surface area contributed by atoms with Gasteiger partial charge in [0, 0.05) is 41.4 Å². The van der Waals surface area contributed by atoms with E-state index in [2.05, 4.69) is 41.6 Å². The van der Waals surface area contributed by atoms with E-state index >= 15 is 0 Å². The van der Waals surface area contributed by atoms with Crippen molar-refractivity contribution in [2.24, 2.45) is 7.05 Å². The number of halogens is 2. The SMILES string of the molecule is Cc1cc(Br)c(S(=O)(=O)NCCc2nccn2C)cc1Br. The second-order valence-electron chi connectivity index (χ2n) is 4.63. The van der Waals surface area contributed by atoms with Crippen LogP contribution >= 0.6 is 31.9 Å². The summed E-state index contributed by atoms with van der Waals surface area (Å²) in [5.74, 6) is 0.835. The van der Waals surface area contributed by atoms with Crippen molar-refractivity contribution in [3.8, 4) is 0 Å². The summed E-state index contributed by atoms with van der Waals surface area (Å²) in [5, 5.41) is 0. The molecule has 0 atom stereocenters. The molecule has 1 heterocycles. The predicted octanol–water partition coefficient (Wildman–Crippen LogP) is 2.77. The fourth-order valence-corrected chi connectivity index (χ4v) is 4.55. The Kier molecular flexibility index (Phi) is 5.24. The molecule has 0 fully saturated rings. The minimum absolute atomic E-state index is 0.222. The smallest absolute Gasteiger partial charge is 0.241 e. The minimum Gasteiger partial charge on any atom is -0.338 e. The summed E-state index contributed by atoms with van der Waals surface area (Å²) in [5.41, 5.74) is 0.967. The van der Waals surface area contributed by atoms with Gasteiger partial charge in [-0.2, -0.15) is 0 Å². The molecule has 21 heavy (non-hydrogen) atoms. The zero-order valence-corrected chi connectivity index (χ0v) is 15.6. The van der Waals surface area contributed by atoms with Crippen molar-refractivity contribution in [3.05, 3.63) is 44.9 Å². The van der Waals surface area contributed by atoms with E-state index in [1.54, 1.807) is 18.3 Å². The summed E-state index contributed by atoms with van der Waals surface area (Å²) >= 11 is 6.66. The fourth-order valence-electron chi connectivity index (χ4n) is 1.85. The molecule has 0 saturated heterocycles. The first-order valence-corrected chi connectivity index (χ1v) is 9.29. The number of hydrogen-bond donors (Lipinski definition) is 1. The van der Waals surface area contributed by atoms with E-state index in [0.717, 1.165) is 15.9 Å². The molecule has 0 aliphatic rings. The van der Waals surface area contributed by atoms with E-state index in [1.807, 2.05) is 24.7 Å². The van der Waals surface area contributed by atoms with Crippen molar-refractivity contribution in [3.63, 3.8) is 0 Å². The van der Waals surface area contributed by atoms with Gasteiger partial charge in [-0.15, -0.1) is 0 Å². The van der Waals surface area contributed by atoms with Crippen molar-refractivity contribution >= 4 is 41.9 Å². The predicted molar refractivity (Wildman–Crippen MR) is 88.7 cm³/mol. The highest BCUT2D eigenvalue weighted by Gasteiger charge is 2.18. The van der Waals surface area contributed by atoms with Crippen LogP contribution in [0.1, 0.15) is 11.4 Å². The molecule has 0 aliphatic heterocycles. The highest BCUT2D eigenvalue weighted by molar-refractivity contribution is 9.11. The average Bonchev–Trinajstić information content (AvgIpc) is 2.79. The average molecular weight is 437 g/mol. The maximum absolute atomic E-state index is 12.3. The van der Waals surface area contributed by atoms with Gasteiger partial charge in [0.05, 0.1) is 4.90 Å². The lowest BCUT2D eigenvalue weighted by Gasteiger charge is -2.10. The number of aryl methyl sites for hydroxylation is 2. The maximum atomic E-state index is 12.3. The second kappa shape index (κ2) is 6.60. The summed E-state index contributed by atoms with van der Waals surface area (Å²) in [4.78, 5) is 4.38. The summed E-state index contributed by atoms with van der Waals surface area (Å²) in [6.07, 6.45) is 4.06. The molecule has 1 N–H and O–H groups in total. The molecule has 114 valence electrons. The van der Waals surface area contributed by atoms with Crippen molar-refractivity contribution in [1.82, 2.24) is 14.3 Å². The molecule has 0 aliphatic carbocycles. The zero-order chi connectivity index (χ0) is 15.6. The van der Waals surface area contributed by atoms with Crippen LogP contribution in [-0.2, 0) is 23.5 Å². The number of aromatic nitrogens is 2. The summed E-state index contributed by atoms with van der Waals surface area (Å²) < 4.78 is 30.5. The number of sulfonamides is 1. The van der Waals surface area contributed by atoms with Gasteiger partial charge in [0.15, 0.2) is 0 Å². The van der Waals surface area contributed by atoms with E-state index in [1.165, 1.54) is 0 Å². The Hall–Kier alpha value is -0.700. The Balaban J connectivity index is 2.12. The second-order valence-corrected chi connectivity index (χ2v) is 8.08. The molecule has 0 radical (unpaired) electrons. The van der Waals surface area contributed by atoms with Crippen molar-refractivity contribution < 1.29 is 8.42 Å². The molecule has 5 nitrogen and oxygen atoms in total. The van der Waals surface area contributed by atoms with Gasteiger partial charge in [-0.1, -0.05) is 15.9 Å². The van der Waals surface area contributed by atoms with Crippen LogP contribution in [0, 0.1) is 6.92 Å². The lowest BCUT2D eigenvalue weighted by atomic mass is 10.2. The number of imidazole rings is 1. The van der Waals surface area contributed by atoms with E-state index < -0.39 is 10.0 Å². The molecule has 0 unspecified atom stereocenters. The summed E-state index contributed by atoms with van der Waals surface area (Å²) in [7, 11) is -1.68. The number of rotatable bonds is 5. The molecule has 8 heteroatoms. The number of nitrogens with one attached hydrogen (secondary N) is 1. The first kappa shape index (κ1) is 16.7. The van der Waals surface area contributed by atoms with Crippen LogP contribution in [0.4, 0.5) is 0 Å². The van der Waals surface area contributed by atoms with Gasteiger partial charge < -0.3 is 4.57 Å². The maximum Gasteiger partial charge on any atom is 0.241 e. The normalized spacial score (nSPS) is 11.8. The first-order chi connectivity index (χ1) is 9.81. The minimum atomic E-state index is -3.56. The van der Waals surface area contributed by atoms with Crippen LogP contribution in [0.3, 0.4) is 0 Å². The van der Waals surface area contributed by atoms with Crippen LogP contribution in [-0.4, -0.2) is 24.5 Å². The molecule has 0 spiro atoms. The standard InChI is InChI=1S/C13H15Br2N3O2S/c1-9-7-11(15)12(8-10(9)14)21(19,20)17-4-3-13-16-5-6-18(13)2/h5-8,17H,3-4H2,1-2H3. The molecular weight excluding hydrogens is 422 g/mol. The molecule has 1 aromatic carbocycles. The van der Waals surface area contributed by atoms with Gasteiger partial charge in [0.25, 0.3) is 0 Å². The van der Waals surface area contributed by atoms with Crippen molar-refractivity contribution in [1.29, 1.82) is 0 Å². The molecule has 0 bridgehead atoms. The van der Waals surface area contributed by atoms with Crippen LogP contribution in [0.25, 0.3) is 0 Å². The lowest BCUT2D eigenvalue weighted by Crippen LogP contribution is -2.27. The van der Waals surface area contributed by atoms with E-state index in [-0.39, 0.29) is 4.90 Å². The number of benzene rings is 1. The van der Waals surface area contributed by atoms with Gasteiger partial charge >= 0.3 is 0 Å². The van der Waals surface area contributed by atoms with Gasteiger partial charge in [-0.05, 0) is 40.5 Å². The monoisotopic (exact) mass is 435 g/mol. The van der Waals surface area contributed by atoms with E-state index in [0.29, 0.717) is 17.4 Å². The van der Waals surface area contributed by atoms with E-state index in [4.69, 9.17) is 0 Å². The Morgan fingerprint density at radius 3 is 2.62 bits per heavy atom. The third-order valence-electron chi connectivity index (χ3n) is 3.06. The summed E-state index contributed by atoms with van der Waals surface area (Å²) in [6, 6.07) is 3.37. The first-order valence-electron chi connectivity index (χ1n) is 6.23. The zero-order valence-electron chi connectivity index (χ0n) is 11.6. The topological polar surface area (TPSA) is 64.0 Å². The Labute approximate surface area is 141 Å². The number of hydrogen-bond acceptors (Lipinski definition) is 3. The lowest BCUT2D eigenvalue weighted by molar-refractivity contribution is 0.579. The van der Waals surface area contributed by atoms with Crippen LogP contribution in [0.5, 0.6) is 0 Å². The van der Waals surface area contributed by atoms with Crippen molar-refractivity contribution in [2.45, 2.75) is 18.2 Å². The molecular formula is C13H15Br2N3O2S. The van der Waals surface area contributed by atoms with Crippen LogP contribution < -0.4 is 4.72 Å². The highest BCUT2D eigenvalue weighted by atomic mass is 79.9. The molecule has 2 aromatic rings. The van der Waals surface area contributed by atoms with E-state index in [9.17, 15) is 8.42 Å². The number of nitrogens with zero attached hydrogens (tertiary/aromatic N) is 2. The highest BCUT2D eigenvalue weighted by Crippen LogP contribution is 2.28. The Morgan fingerprint density at radius 1 is 1.29 bits per heavy atom. The van der Waals surface area contributed by atoms with Crippen LogP contribution in [0.15, 0.2) is 38.4 Å². The summed E-state index contributed by atoms with van der Waals surface area (Å²) in [6.45, 7) is 2.20. The molecule has 2 rings (SSSR count). The third-order valence-corrected chi connectivity index (χ3v) is 6.34. The van der Waals surface area contributed by atoms with Crippen LogP contribution in [0.2, 0.25) is 0 Å². The van der Waals surface area contributed by atoms with Gasteiger partial charge in [-0.3, -0.25) is 0 Å². The Bertz CT molecular complexity index is 757. The van der Waals surface area contributed by atoms with Gasteiger partial charge in [-0.25, -0.2) is 18.1 Å². The van der Waals surface area contributed by atoms with Crippen molar-refractivity contribution in [2.75, 3.05) is 6.54 Å². The molecule has 0 amide bonds. The molecule has 0 saturated carbocycles. The largest absolute Gasteiger partial charge is 0.338 e.